The summed E-state index contributed by atoms with van der Waals surface area (Å²) in [7, 11) is 0. The minimum Gasteiger partial charge on any atom is -0.423 e. The monoisotopic (exact) mass is 272 g/mol. The van der Waals surface area contributed by atoms with Gasteiger partial charge >= 0.3 is 5.63 Å². The normalized spacial score (nSPS) is 10.4. The fourth-order valence-electron chi connectivity index (χ4n) is 1.03. The maximum absolute atomic E-state index is 10.8. The van der Waals surface area contributed by atoms with E-state index in [9.17, 15) is 4.79 Å². The van der Waals surface area contributed by atoms with E-state index >= 15 is 0 Å². The van der Waals surface area contributed by atoms with Crippen molar-refractivity contribution in [1.29, 1.82) is 0 Å². The number of halogens is 1. The summed E-state index contributed by atoms with van der Waals surface area (Å²) in [5, 5.41) is 0.954. The second-order valence-electron chi connectivity index (χ2n) is 2.44. The number of fused-ring (bicyclic) bond motifs is 1. The summed E-state index contributed by atoms with van der Waals surface area (Å²) >= 11 is 2.18. The Morgan fingerprint density at radius 1 is 1.17 bits per heavy atom. The van der Waals surface area contributed by atoms with Gasteiger partial charge in [-0.3, -0.25) is 0 Å². The predicted octanol–water partition coefficient (Wildman–Crippen LogP) is 2.40. The van der Waals surface area contributed by atoms with Gasteiger partial charge in [-0.1, -0.05) is 6.07 Å². The average molecular weight is 272 g/mol. The largest absolute Gasteiger partial charge is 0.423 e. The van der Waals surface area contributed by atoms with Crippen LogP contribution in [0.3, 0.4) is 0 Å². The Morgan fingerprint density at radius 2 is 1.92 bits per heavy atom. The molecule has 0 aliphatic carbocycles. The fourth-order valence-corrected chi connectivity index (χ4v) is 1.50. The van der Waals surface area contributed by atoms with E-state index in [0.29, 0.717) is 5.58 Å². The first kappa shape index (κ1) is 7.79. The number of hydrogen-bond acceptors (Lipinski definition) is 2. The molecule has 12 heavy (non-hydrogen) atoms. The minimum atomic E-state index is -0.301. The van der Waals surface area contributed by atoms with Crippen molar-refractivity contribution in [2.24, 2.45) is 0 Å². The highest BCUT2D eigenvalue weighted by Gasteiger charge is 1.96. The van der Waals surface area contributed by atoms with E-state index < -0.39 is 0 Å². The number of benzene rings is 1. The molecule has 2 nitrogen and oxygen atoms in total. The molecule has 2 aromatic rings. The van der Waals surface area contributed by atoms with Crippen LogP contribution in [0.15, 0.2) is 39.5 Å². The Kier molecular flexibility index (Phi) is 1.88. The molecule has 0 bridgehead atoms. The van der Waals surface area contributed by atoms with Gasteiger partial charge in [0.25, 0.3) is 0 Å². The fraction of sp³-hybridized carbons (Fsp3) is 0. The van der Waals surface area contributed by atoms with Crippen LogP contribution in [0.4, 0.5) is 0 Å². The first-order valence-electron chi connectivity index (χ1n) is 3.45. The summed E-state index contributed by atoms with van der Waals surface area (Å²) in [6.07, 6.45) is 0. The zero-order valence-corrected chi connectivity index (χ0v) is 8.24. The van der Waals surface area contributed by atoms with Crippen molar-refractivity contribution < 1.29 is 4.42 Å². The van der Waals surface area contributed by atoms with E-state index in [1.807, 2.05) is 18.2 Å². The Labute approximate surface area is 82.3 Å². The zero-order chi connectivity index (χ0) is 8.55. The van der Waals surface area contributed by atoms with Gasteiger partial charge in [0.05, 0.1) is 0 Å². The molecule has 1 aromatic heterocycles. The molecule has 0 saturated carbocycles. The Balaban J connectivity index is 2.89. The van der Waals surface area contributed by atoms with Crippen LogP contribution in [-0.2, 0) is 0 Å². The molecule has 3 heteroatoms. The highest BCUT2D eigenvalue weighted by Crippen LogP contribution is 2.14. The topological polar surface area (TPSA) is 30.2 Å². The molecule has 0 unspecified atom stereocenters. The molecule has 0 aliphatic rings. The lowest BCUT2D eigenvalue weighted by Gasteiger charge is -1.94. The summed E-state index contributed by atoms with van der Waals surface area (Å²) in [5.41, 5.74) is 0.346. The van der Waals surface area contributed by atoms with Crippen molar-refractivity contribution in [3.63, 3.8) is 0 Å². The van der Waals surface area contributed by atoms with Crippen LogP contribution < -0.4 is 5.63 Å². The van der Waals surface area contributed by atoms with Crippen molar-refractivity contribution in [3.8, 4) is 0 Å². The van der Waals surface area contributed by atoms with E-state index in [4.69, 9.17) is 4.42 Å². The highest BCUT2D eigenvalue weighted by atomic mass is 127. The zero-order valence-electron chi connectivity index (χ0n) is 6.08. The van der Waals surface area contributed by atoms with E-state index in [0.717, 1.165) is 8.96 Å². The third-order valence-electron chi connectivity index (χ3n) is 1.59. The first-order chi connectivity index (χ1) is 5.75. The van der Waals surface area contributed by atoms with Gasteiger partial charge in [-0.2, -0.15) is 0 Å². The van der Waals surface area contributed by atoms with Crippen LogP contribution in [0.2, 0.25) is 0 Å². The van der Waals surface area contributed by atoms with E-state index in [1.165, 1.54) is 6.07 Å². The number of hydrogen-bond donors (Lipinski definition) is 0. The summed E-state index contributed by atoms with van der Waals surface area (Å²) in [4.78, 5) is 10.8. The van der Waals surface area contributed by atoms with Gasteiger partial charge in [0.1, 0.15) is 5.58 Å². The summed E-state index contributed by atoms with van der Waals surface area (Å²) in [5.74, 6) is 0. The molecule has 2 rings (SSSR count). The lowest BCUT2D eigenvalue weighted by atomic mass is 10.2. The molecule has 0 aliphatic heterocycles. The third-order valence-corrected chi connectivity index (χ3v) is 2.26. The quantitative estimate of drug-likeness (QED) is 0.544. The van der Waals surface area contributed by atoms with Gasteiger partial charge in [-0.15, -0.1) is 0 Å². The van der Waals surface area contributed by atoms with Gasteiger partial charge in [-0.05, 0) is 40.8 Å². The average Bonchev–Trinajstić information content (AvgIpc) is 2.03. The second kappa shape index (κ2) is 2.90. The van der Waals surface area contributed by atoms with Crippen molar-refractivity contribution in [2.45, 2.75) is 0 Å². The van der Waals surface area contributed by atoms with Gasteiger partial charge in [-0.25, -0.2) is 4.79 Å². The van der Waals surface area contributed by atoms with Crippen LogP contribution in [0.25, 0.3) is 11.0 Å². The van der Waals surface area contributed by atoms with Crippen molar-refractivity contribution >= 4 is 33.6 Å². The second-order valence-corrected chi connectivity index (χ2v) is 3.68. The Morgan fingerprint density at radius 3 is 2.75 bits per heavy atom. The predicted molar refractivity (Wildman–Crippen MR) is 55.2 cm³/mol. The van der Waals surface area contributed by atoms with Gasteiger partial charge < -0.3 is 4.42 Å². The first-order valence-corrected chi connectivity index (χ1v) is 4.53. The SMILES string of the molecule is O=c1ccc2ccc(I)cc2o1. The van der Waals surface area contributed by atoms with Crippen molar-refractivity contribution in [1.82, 2.24) is 0 Å². The van der Waals surface area contributed by atoms with E-state index in [-0.39, 0.29) is 5.63 Å². The minimum absolute atomic E-state index is 0.301. The molecule has 0 atom stereocenters. The van der Waals surface area contributed by atoms with Crippen molar-refractivity contribution in [2.75, 3.05) is 0 Å². The summed E-state index contributed by atoms with van der Waals surface area (Å²) in [6.45, 7) is 0. The molecule has 0 amide bonds. The molecule has 0 fully saturated rings. The van der Waals surface area contributed by atoms with Crippen LogP contribution in [0, 0.1) is 3.57 Å². The highest BCUT2D eigenvalue weighted by molar-refractivity contribution is 14.1. The Bertz CT molecular complexity index is 473. The standard InChI is InChI=1S/C9H5IO2/c10-7-3-1-6-2-4-9(11)12-8(6)5-7/h1-5H. The van der Waals surface area contributed by atoms with Gasteiger partial charge in [0, 0.05) is 15.0 Å². The van der Waals surface area contributed by atoms with E-state index in [2.05, 4.69) is 22.6 Å². The van der Waals surface area contributed by atoms with E-state index in [1.54, 1.807) is 6.07 Å². The smallest absolute Gasteiger partial charge is 0.336 e. The summed E-state index contributed by atoms with van der Waals surface area (Å²) in [6, 6.07) is 8.94. The van der Waals surface area contributed by atoms with Gasteiger partial charge in [0.2, 0.25) is 0 Å². The molecule has 1 aromatic carbocycles. The lowest BCUT2D eigenvalue weighted by molar-refractivity contribution is 0.561. The Hall–Kier alpha value is -0.840. The molecule has 0 radical (unpaired) electrons. The maximum Gasteiger partial charge on any atom is 0.336 e. The van der Waals surface area contributed by atoms with Crippen LogP contribution >= 0.6 is 22.6 Å². The molecule has 0 saturated heterocycles. The lowest BCUT2D eigenvalue weighted by Crippen LogP contribution is -1.93. The molecular weight excluding hydrogens is 267 g/mol. The van der Waals surface area contributed by atoms with Crippen LogP contribution in [0.1, 0.15) is 0 Å². The molecule has 0 N–H and O–H groups in total. The molecule has 1 heterocycles. The van der Waals surface area contributed by atoms with Crippen molar-refractivity contribution in [3.05, 3.63) is 44.3 Å². The summed E-state index contributed by atoms with van der Waals surface area (Å²) < 4.78 is 6.05. The molecule has 60 valence electrons. The molecule has 0 spiro atoms. The number of rotatable bonds is 0. The third kappa shape index (κ3) is 1.36. The van der Waals surface area contributed by atoms with Crippen LogP contribution in [0.5, 0.6) is 0 Å². The van der Waals surface area contributed by atoms with Gasteiger partial charge in [0.15, 0.2) is 0 Å². The maximum atomic E-state index is 10.8. The molecular formula is C9H5IO2. The van der Waals surface area contributed by atoms with Crippen LogP contribution in [-0.4, -0.2) is 0 Å².